The molecule has 0 unspecified atom stereocenters. The van der Waals surface area contributed by atoms with E-state index < -0.39 is 0 Å². The minimum atomic E-state index is -0.178. The van der Waals surface area contributed by atoms with Crippen molar-refractivity contribution in [3.8, 4) is 5.75 Å². The molecule has 7 heteroatoms. The average Bonchev–Trinajstić information content (AvgIpc) is 2.97. The second-order valence-electron chi connectivity index (χ2n) is 5.71. The summed E-state index contributed by atoms with van der Waals surface area (Å²) in [5, 5.41) is 5.98. The average molecular weight is 381 g/mol. The number of nitrogens with one attached hydrogen (secondary N) is 2. The largest absolute Gasteiger partial charge is 0.494 e. The third-order valence-electron chi connectivity index (χ3n) is 3.56. The van der Waals surface area contributed by atoms with Crippen LogP contribution < -0.4 is 15.4 Å². The molecule has 6 nitrogen and oxygen atoms in total. The molecule has 2 aromatic rings. The highest BCUT2D eigenvalue weighted by atomic mass is 32.2. The number of aliphatic imine (C=N–C) groups is 1. The molecule has 1 heterocycles. The maximum Gasteiger partial charge on any atom is 0.264 e. The van der Waals surface area contributed by atoms with Crippen molar-refractivity contribution in [3.63, 3.8) is 0 Å². The Bertz CT molecular complexity index is 903. The van der Waals surface area contributed by atoms with Crippen molar-refractivity contribution in [2.24, 2.45) is 4.99 Å². The number of rotatable bonds is 5. The number of ether oxygens (including phenoxy) is 1. The number of thioether (sulfide) groups is 1. The van der Waals surface area contributed by atoms with Gasteiger partial charge in [-0.3, -0.25) is 9.59 Å². The number of amides is 2. The number of hydrogen-bond donors (Lipinski definition) is 2. The molecule has 0 atom stereocenters. The van der Waals surface area contributed by atoms with E-state index in [0.717, 1.165) is 11.3 Å². The van der Waals surface area contributed by atoms with Gasteiger partial charge in [-0.15, -0.1) is 0 Å². The molecule has 2 amide bonds. The van der Waals surface area contributed by atoms with Crippen LogP contribution in [0.3, 0.4) is 0 Å². The summed E-state index contributed by atoms with van der Waals surface area (Å²) in [6.07, 6.45) is 1.82. The molecular formula is C20H19N3O3S. The molecule has 1 aliphatic rings. The molecule has 0 aromatic heterocycles. The lowest BCUT2D eigenvalue weighted by Gasteiger charge is -2.02. The number of hydrogen-bond acceptors (Lipinski definition) is 5. The summed E-state index contributed by atoms with van der Waals surface area (Å²) >= 11 is 1.29. The lowest BCUT2D eigenvalue weighted by atomic mass is 10.2. The van der Waals surface area contributed by atoms with E-state index in [9.17, 15) is 9.59 Å². The van der Waals surface area contributed by atoms with Crippen LogP contribution >= 0.6 is 11.8 Å². The van der Waals surface area contributed by atoms with Crippen molar-refractivity contribution in [2.75, 3.05) is 11.9 Å². The first-order valence-electron chi connectivity index (χ1n) is 8.43. The molecular weight excluding hydrogens is 362 g/mol. The smallest absolute Gasteiger partial charge is 0.264 e. The summed E-state index contributed by atoms with van der Waals surface area (Å²) in [6.45, 7) is 4.00. The van der Waals surface area contributed by atoms with Gasteiger partial charge < -0.3 is 15.4 Å². The molecule has 0 radical (unpaired) electrons. The van der Waals surface area contributed by atoms with E-state index in [4.69, 9.17) is 4.74 Å². The van der Waals surface area contributed by atoms with E-state index in [1.807, 2.05) is 37.3 Å². The van der Waals surface area contributed by atoms with E-state index in [1.54, 1.807) is 24.3 Å². The summed E-state index contributed by atoms with van der Waals surface area (Å²) in [4.78, 5) is 28.2. The molecule has 0 spiro atoms. The number of carbonyl (C=O) groups excluding carboxylic acids is 2. The maximum absolute atomic E-state index is 12.2. The zero-order chi connectivity index (χ0) is 19.2. The van der Waals surface area contributed by atoms with E-state index in [1.165, 1.54) is 18.7 Å². The SMILES string of the molecule is CCOc1ccc(/C=C2\SC(=Nc3ccc(NC(C)=O)cc3)NC2=O)cc1. The minimum Gasteiger partial charge on any atom is -0.494 e. The fourth-order valence-corrected chi connectivity index (χ4v) is 3.24. The van der Waals surface area contributed by atoms with Crippen molar-refractivity contribution < 1.29 is 14.3 Å². The fourth-order valence-electron chi connectivity index (χ4n) is 2.40. The van der Waals surface area contributed by atoms with Crippen LogP contribution in [0.15, 0.2) is 58.4 Å². The van der Waals surface area contributed by atoms with Crippen molar-refractivity contribution in [3.05, 3.63) is 59.0 Å². The molecule has 3 rings (SSSR count). The van der Waals surface area contributed by atoms with Gasteiger partial charge in [-0.25, -0.2) is 4.99 Å². The van der Waals surface area contributed by atoms with E-state index in [-0.39, 0.29) is 11.8 Å². The molecule has 1 saturated heterocycles. The molecule has 27 heavy (non-hydrogen) atoms. The molecule has 1 aliphatic heterocycles. The van der Waals surface area contributed by atoms with Crippen LogP contribution in [0, 0.1) is 0 Å². The van der Waals surface area contributed by atoms with Crippen molar-refractivity contribution >= 4 is 46.2 Å². The molecule has 2 aromatic carbocycles. The van der Waals surface area contributed by atoms with Crippen molar-refractivity contribution in [2.45, 2.75) is 13.8 Å². The number of benzene rings is 2. The first-order chi connectivity index (χ1) is 13.0. The first-order valence-corrected chi connectivity index (χ1v) is 9.25. The van der Waals surface area contributed by atoms with Crippen molar-refractivity contribution in [1.29, 1.82) is 0 Å². The van der Waals surface area contributed by atoms with Gasteiger partial charge in [0.1, 0.15) is 5.75 Å². The second kappa shape index (κ2) is 8.55. The molecule has 138 valence electrons. The van der Waals surface area contributed by atoms with Gasteiger partial charge in [0, 0.05) is 12.6 Å². The van der Waals surface area contributed by atoms with E-state index >= 15 is 0 Å². The Hall–Kier alpha value is -3.06. The van der Waals surface area contributed by atoms with Crippen LogP contribution in [0.4, 0.5) is 11.4 Å². The second-order valence-corrected chi connectivity index (χ2v) is 6.74. The Kier molecular flexibility index (Phi) is 5.93. The van der Waals surface area contributed by atoms with Gasteiger partial charge in [0.25, 0.3) is 5.91 Å². The van der Waals surface area contributed by atoms with Crippen LogP contribution in [-0.4, -0.2) is 23.6 Å². The van der Waals surface area contributed by atoms with Gasteiger partial charge >= 0.3 is 0 Å². The standard InChI is InChI=1S/C20H19N3O3S/c1-3-26-17-10-4-14(5-11-17)12-18-19(25)23-20(27-18)22-16-8-6-15(7-9-16)21-13(2)24/h4-12H,3H2,1-2H3,(H,21,24)(H,22,23,25)/b18-12-. The Morgan fingerprint density at radius 3 is 2.52 bits per heavy atom. The molecule has 0 aliphatic carbocycles. The zero-order valence-electron chi connectivity index (χ0n) is 15.0. The van der Waals surface area contributed by atoms with Crippen LogP contribution in [-0.2, 0) is 9.59 Å². The normalized spacial score (nSPS) is 16.4. The van der Waals surface area contributed by atoms with Gasteiger partial charge in [-0.05, 0) is 66.7 Å². The van der Waals surface area contributed by atoms with Gasteiger partial charge in [0.05, 0.1) is 17.2 Å². The van der Waals surface area contributed by atoms with Gasteiger partial charge in [0.15, 0.2) is 5.17 Å². The summed E-state index contributed by atoms with van der Waals surface area (Å²) in [7, 11) is 0. The van der Waals surface area contributed by atoms with Crippen LogP contribution in [0.1, 0.15) is 19.4 Å². The highest BCUT2D eigenvalue weighted by Gasteiger charge is 2.23. The van der Waals surface area contributed by atoms with Crippen LogP contribution in [0.25, 0.3) is 6.08 Å². The number of amidine groups is 1. The highest BCUT2D eigenvalue weighted by Crippen LogP contribution is 2.28. The molecule has 2 N–H and O–H groups in total. The van der Waals surface area contributed by atoms with E-state index in [2.05, 4.69) is 15.6 Å². The number of anilines is 1. The van der Waals surface area contributed by atoms with Crippen LogP contribution in [0.5, 0.6) is 5.75 Å². The Morgan fingerprint density at radius 1 is 1.19 bits per heavy atom. The van der Waals surface area contributed by atoms with Crippen molar-refractivity contribution in [1.82, 2.24) is 5.32 Å². The summed E-state index contributed by atoms with van der Waals surface area (Å²) < 4.78 is 5.42. The fraction of sp³-hybridized carbons (Fsp3) is 0.150. The third-order valence-corrected chi connectivity index (χ3v) is 4.47. The summed E-state index contributed by atoms with van der Waals surface area (Å²) in [5.41, 5.74) is 2.30. The predicted octanol–water partition coefficient (Wildman–Crippen LogP) is 3.94. The predicted molar refractivity (Wildman–Crippen MR) is 109 cm³/mol. The Balaban J connectivity index is 1.70. The molecule has 0 bridgehead atoms. The lowest BCUT2D eigenvalue weighted by Crippen LogP contribution is -2.19. The summed E-state index contributed by atoms with van der Waals surface area (Å²) in [6, 6.07) is 14.6. The zero-order valence-corrected chi connectivity index (χ0v) is 15.8. The third kappa shape index (κ3) is 5.21. The monoisotopic (exact) mass is 381 g/mol. The number of carbonyl (C=O) groups is 2. The van der Waals surface area contributed by atoms with Gasteiger partial charge in [-0.1, -0.05) is 12.1 Å². The van der Waals surface area contributed by atoms with Crippen LogP contribution in [0.2, 0.25) is 0 Å². The first kappa shape index (κ1) is 18.7. The Morgan fingerprint density at radius 2 is 1.89 bits per heavy atom. The van der Waals surface area contributed by atoms with E-state index in [0.29, 0.717) is 28.1 Å². The number of nitrogens with zero attached hydrogens (tertiary/aromatic N) is 1. The highest BCUT2D eigenvalue weighted by molar-refractivity contribution is 8.18. The minimum absolute atomic E-state index is 0.128. The summed E-state index contributed by atoms with van der Waals surface area (Å²) in [5.74, 6) is 0.493. The topological polar surface area (TPSA) is 79.8 Å². The van der Waals surface area contributed by atoms with Gasteiger partial charge in [-0.2, -0.15) is 0 Å². The molecule has 1 fully saturated rings. The molecule has 0 saturated carbocycles. The lowest BCUT2D eigenvalue weighted by molar-refractivity contribution is -0.115. The quantitative estimate of drug-likeness (QED) is 0.769. The van der Waals surface area contributed by atoms with Gasteiger partial charge in [0.2, 0.25) is 5.91 Å². The Labute approximate surface area is 161 Å². The maximum atomic E-state index is 12.2.